The summed E-state index contributed by atoms with van der Waals surface area (Å²) < 4.78 is 0. The Labute approximate surface area is 128 Å². The van der Waals surface area contributed by atoms with Crippen molar-refractivity contribution >= 4 is 29.7 Å². The third-order valence-corrected chi connectivity index (χ3v) is 3.59. The number of hydrogen-bond donors (Lipinski definition) is 2. The fraction of sp³-hybridized carbons (Fsp3) is 0.286. The molecule has 0 unspecified atom stereocenters. The number of aromatic nitrogens is 1. The van der Waals surface area contributed by atoms with E-state index < -0.39 is 0 Å². The van der Waals surface area contributed by atoms with Crippen LogP contribution in [-0.2, 0) is 12.8 Å². The second-order valence-electron chi connectivity index (χ2n) is 4.16. The molecule has 1 aromatic heterocycles. The monoisotopic (exact) mass is 311 g/mol. The minimum atomic E-state index is -0.115. The van der Waals surface area contributed by atoms with Gasteiger partial charge in [-0.1, -0.05) is 30.3 Å². The standard InChI is InChI=1S/C14H17N3OS.ClH/c15-8-6-13-17-12(10-19-13)14(18)16-9-7-11-4-2-1-3-5-11;/h1-5,10H,6-9,15H2,(H,16,18);1H. The SMILES string of the molecule is Cl.NCCc1nc(C(=O)NCCc2ccccc2)cs1. The molecule has 0 atom stereocenters. The van der Waals surface area contributed by atoms with Crippen molar-refractivity contribution in [3.05, 3.63) is 52.0 Å². The first-order valence-corrected chi connectivity index (χ1v) is 7.14. The summed E-state index contributed by atoms with van der Waals surface area (Å²) in [7, 11) is 0. The molecule has 20 heavy (non-hydrogen) atoms. The van der Waals surface area contributed by atoms with Crippen LogP contribution in [0.2, 0.25) is 0 Å². The molecule has 1 heterocycles. The van der Waals surface area contributed by atoms with Crippen molar-refractivity contribution in [1.82, 2.24) is 10.3 Å². The van der Waals surface area contributed by atoms with Gasteiger partial charge in [0.2, 0.25) is 0 Å². The number of nitrogens with one attached hydrogen (secondary N) is 1. The summed E-state index contributed by atoms with van der Waals surface area (Å²) in [6.45, 7) is 1.18. The van der Waals surface area contributed by atoms with Crippen molar-refractivity contribution < 1.29 is 4.79 Å². The Morgan fingerprint density at radius 1 is 1.25 bits per heavy atom. The Kier molecular flexibility index (Phi) is 7.22. The molecule has 0 saturated heterocycles. The van der Waals surface area contributed by atoms with Crippen LogP contribution in [0.5, 0.6) is 0 Å². The predicted molar refractivity (Wildman–Crippen MR) is 84.6 cm³/mol. The molecule has 0 bridgehead atoms. The number of benzene rings is 1. The minimum Gasteiger partial charge on any atom is -0.350 e. The van der Waals surface area contributed by atoms with Gasteiger partial charge in [0.1, 0.15) is 5.69 Å². The highest BCUT2D eigenvalue weighted by molar-refractivity contribution is 7.09. The van der Waals surface area contributed by atoms with Gasteiger partial charge in [-0.05, 0) is 18.5 Å². The van der Waals surface area contributed by atoms with Gasteiger partial charge in [0.05, 0.1) is 5.01 Å². The number of amides is 1. The van der Waals surface area contributed by atoms with Gasteiger partial charge in [-0.3, -0.25) is 4.79 Å². The van der Waals surface area contributed by atoms with E-state index in [1.165, 1.54) is 16.9 Å². The predicted octanol–water partition coefficient (Wildman–Crippen LogP) is 2.04. The number of rotatable bonds is 6. The number of nitrogens with two attached hydrogens (primary N) is 1. The number of halogens is 1. The van der Waals surface area contributed by atoms with E-state index >= 15 is 0 Å². The Hall–Kier alpha value is -1.43. The van der Waals surface area contributed by atoms with Crippen LogP contribution < -0.4 is 11.1 Å². The van der Waals surface area contributed by atoms with Crippen LogP contribution in [0.15, 0.2) is 35.7 Å². The maximum atomic E-state index is 11.9. The van der Waals surface area contributed by atoms with Crippen molar-refractivity contribution in [3.63, 3.8) is 0 Å². The van der Waals surface area contributed by atoms with Crippen LogP contribution in [0.4, 0.5) is 0 Å². The van der Waals surface area contributed by atoms with Crippen molar-refractivity contribution in [2.75, 3.05) is 13.1 Å². The summed E-state index contributed by atoms with van der Waals surface area (Å²) in [5, 5.41) is 5.57. The van der Waals surface area contributed by atoms with Crippen molar-refractivity contribution in [2.24, 2.45) is 5.73 Å². The molecule has 0 spiro atoms. The average Bonchev–Trinajstić information content (AvgIpc) is 2.89. The first-order chi connectivity index (χ1) is 9.29. The topological polar surface area (TPSA) is 68.0 Å². The Morgan fingerprint density at radius 3 is 2.70 bits per heavy atom. The first-order valence-electron chi connectivity index (χ1n) is 6.26. The molecule has 0 aliphatic rings. The molecule has 0 fully saturated rings. The third-order valence-electron chi connectivity index (χ3n) is 2.68. The van der Waals surface area contributed by atoms with E-state index in [1.807, 2.05) is 30.3 Å². The molecular formula is C14H18ClN3OS. The van der Waals surface area contributed by atoms with Gasteiger partial charge in [0.15, 0.2) is 0 Å². The van der Waals surface area contributed by atoms with E-state index in [2.05, 4.69) is 10.3 Å². The zero-order chi connectivity index (χ0) is 13.5. The van der Waals surface area contributed by atoms with Gasteiger partial charge in [-0.25, -0.2) is 4.98 Å². The number of hydrogen-bond acceptors (Lipinski definition) is 4. The number of carbonyl (C=O) groups is 1. The summed E-state index contributed by atoms with van der Waals surface area (Å²) in [6.07, 6.45) is 1.55. The summed E-state index contributed by atoms with van der Waals surface area (Å²) >= 11 is 1.48. The second kappa shape index (κ2) is 8.68. The van der Waals surface area contributed by atoms with Crippen LogP contribution in [0.3, 0.4) is 0 Å². The van der Waals surface area contributed by atoms with Gasteiger partial charge in [-0.15, -0.1) is 23.7 Å². The Morgan fingerprint density at radius 2 is 2.00 bits per heavy atom. The molecule has 0 aliphatic carbocycles. The number of nitrogens with zero attached hydrogens (tertiary/aromatic N) is 1. The van der Waals surface area contributed by atoms with E-state index in [0.29, 0.717) is 18.8 Å². The lowest BCUT2D eigenvalue weighted by Gasteiger charge is -2.03. The number of carbonyl (C=O) groups excluding carboxylic acids is 1. The molecular weight excluding hydrogens is 294 g/mol. The lowest BCUT2D eigenvalue weighted by molar-refractivity contribution is 0.0949. The fourth-order valence-electron chi connectivity index (χ4n) is 1.71. The largest absolute Gasteiger partial charge is 0.350 e. The molecule has 0 saturated carbocycles. The van der Waals surface area contributed by atoms with Crippen LogP contribution in [0, 0.1) is 0 Å². The van der Waals surface area contributed by atoms with E-state index in [1.54, 1.807) is 5.38 Å². The van der Waals surface area contributed by atoms with E-state index in [4.69, 9.17) is 5.73 Å². The highest BCUT2D eigenvalue weighted by Crippen LogP contribution is 2.09. The van der Waals surface area contributed by atoms with Gasteiger partial charge < -0.3 is 11.1 Å². The molecule has 0 radical (unpaired) electrons. The second-order valence-corrected chi connectivity index (χ2v) is 5.10. The van der Waals surface area contributed by atoms with Gasteiger partial charge in [-0.2, -0.15) is 0 Å². The molecule has 4 nitrogen and oxygen atoms in total. The summed E-state index contributed by atoms with van der Waals surface area (Å²) in [4.78, 5) is 16.1. The lowest BCUT2D eigenvalue weighted by atomic mass is 10.1. The van der Waals surface area contributed by atoms with Gasteiger partial charge in [0, 0.05) is 18.3 Å². The highest BCUT2D eigenvalue weighted by Gasteiger charge is 2.09. The van der Waals surface area contributed by atoms with Crippen molar-refractivity contribution in [1.29, 1.82) is 0 Å². The third kappa shape index (κ3) is 4.92. The average molecular weight is 312 g/mol. The van der Waals surface area contributed by atoms with Crippen molar-refractivity contribution in [2.45, 2.75) is 12.8 Å². The van der Waals surface area contributed by atoms with Crippen molar-refractivity contribution in [3.8, 4) is 0 Å². The smallest absolute Gasteiger partial charge is 0.270 e. The van der Waals surface area contributed by atoms with Gasteiger partial charge >= 0.3 is 0 Å². The lowest BCUT2D eigenvalue weighted by Crippen LogP contribution is -2.26. The highest BCUT2D eigenvalue weighted by atomic mass is 35.5. The fourth-order valence-corrected chi connectivity index (χ4v) is 2.50. The zero-order valence-electron chi connectivity index (χ0n) is 11.0. The van der Waals surface area contributed by atoms with Crippen LogP contribution in [0.1, 0.15) is 21.1 Å². The molecule has 6 heteroatoms. The molecule has 108 valence electrons. The zero-order valence-corrected chi connectivity index (χ0v) is 12.7. The van der Waals surface area contributed by atoms with E-state index in [-0.39, 0.29) is 18.3 Å². The first kappa shape index (κ1) is 16.6. The Bertz CT molecular complexity index is 530. The summed E-state index contributed by atoms with van der Waals surface area (Å²) in [5.41, 5.74) is 7.16. The molecule has 3 N–H and O–H groups in total. The number of thiazole rings is 1. The van der Waals surface area contributed by atoms with E-state index in [9.17, 15) is 4.79 Å². The maximum absolute atomic E-state index is 11.9. The molecule has 2 aromatic rings. The Balaban J connectivity index is 0.00000200. The molecule has 0 aliphatic heterocycles. The van der Waals surface area contributed by atoms with E-state index in [0.717, 1.165) is 17.8 Å². The molecule has 1 amide bonds. The summed E-state index contributed by atoms with van der Waals surface area (Å²) in [6, 6.07) is 10.1. The maximum Gasteiger partial charge on any atom is 0.270 e. The molecule has 2 rings (SSSR count). The summed E-state index contributed by atoms with van der Waals surface area (Å²) in [5.74, 6) is -0.115. The van der Waals surface area contributed by atoms with Gasteiger partial charge in [0.25, 0.3) is 5.91 Å². The quantitative estimate of drug-likeness (QED) is 0.858. The normalized spacial score (nSPS) is 9.85. The van der Waals surface area contributed by atoms with Crippen LogP contribution in [0.25, 0.3) is 0 Å². The molecule has 1 aromatic carbocycles. The minimum absolute atomic E-state index is 0. The van der Waals surface area contributed by atoms with Crippen LogP contribution >= 0.6 is 23.7 Å². The van der Waals surface area contributed by atoms with Crippen LogP contribution in [-0.4, -0.2) is 24.0 Å².